The lowest BCUT2D eigenvalue weighted by Crippen LogP contribution is -2.15. The van der Waals surface area contributed by atoms with Crippen LogP contribution in [0.3, 0.4) is 0 Å². The Labute approximate surface area is 102 Å². The van der Waals surface area contributed by atoms with Crippen molar-refractivity contribution in [1.29, 1.82) is 0 Å². The van der Waals surface area contributed by atoms with Gasteiger partial charge in [-0.25, -0.2) is 0 Å². The third-order valence-corrected chi connectivity index (χ3v) is 2.51. The van der Waals surface area contributed by atoms with E-state index in [1.54, 1.807) is 27.9 Å². The molecule has 0 amide bonds. The molecule has 0 atom stereocenters. The lowest BCUT2D eigenvalue weighted by Gasteiger charge is -2.04. The number of aromatic nitrogens is 1. The number of hydrogen-bond acceptors (Lipinski definition) is 1. The topological polar surface area (TPSA) is 22.0 Å². The van der Waals surface area contributed by atoms with Gasteiger partial charge < -0.3 is 0 Å². The van der Waals surface area contributed by atoms with Gasteiger partial charge in [-0.15, -0.1) is 0 Å². The van der Waals surface area contributed by atoms with Crippen LogP contribution in [-0.2, 0) is 0 Å². The smallest absolute Gasteiger partial charge is 0.255 e. The Morgan fingerprint density at radius 1 is 1.06 bits per heavy atom. The minimum atomic E-state index is -0.0220. The van der Waals surface area contributed by atoms with Crippen molar-refractivity contribution in [3.63, 3.8) is 0 Å². The van der Waals surface area contributed by atoms with Crippen LogP contribution in [0, 0.1) is 0 Å². The predicted octanol–water partition coefficient (Wildman–Crippen LogP) is 3.20. The van der Waals surface area contributed by atoms with E-state index in [0.29, 0.717) is 0 Å². The Balaban J connectivity index is 2.43. The lowest BCUT2D eigenvalue weighted by molar-refractivity contribution is 0.990. The van der Waals surface area contributed by atoms with Crippen LogP contribution in [0.4, 0.5) is 0 Å². The molecule has 3 heteroatoms. The summed E-state index contributed by atoms with van der Waals surface area (Å²) in [5.41, 5.74) is 1.94. The molecule has 0 bridgehead atoms. The van der Waals surface area contributed by atoms with Crippen LogP contribution >= 0.6 is 15.9 Å². The standard InChI is InChI=1S/C13H10BrNO/c14-9-8-11-4-6-12(7-5-11)15-10-2-1-3-13(15)16/h1-10H. The molecule has 0 fully saturated rings. The van der Waals surface area contributed by atoms with E-state index in [0.717, 1.165) is 11.3 Å². The number of nitrogens with zero attached hydrogens (tertiary/aromatic N) is 1. The molecule has 0 aliphatic rings. The molecule has 80 valence electrons. The van der Waals surface area contributed by atoms with Crippen molar-refractivity contribution in [3.05, 3.63) is 69.6 Å². The maximum atomic E-state index is 11.6. The highest BCUT2D eigenvalue weighted by molar-refractivity contribution is 9.11. The van der Waals surface area contributed by atoms with Gasteiger partial charge in [0.1, 0.15) is 0 Å². The number of benzene rings is 1. The van der Waals surface area contributed by atoms with E-state index in [9.17, 15) is 4.79 Å². The van der Waals surface area contributed by atoms with E-state index in [4.69, 9.17) is 0 Å². The number of halogens is 1. The van der Waals surface area contributed by atoms with Crippen LogP contribution in [-0.4, -0.2) is 4.57 Å². The molecule has 0 saturated heterocycles. The summed E-state index contributed by atoms with van der Waals surface area (Å²) in [4.78, 5) is 13.4. The Morgan fingerprint density at radius 3 is 2.44 bits per heavy atom. The molecule has 1 aromatic heterocycles. The summed E-state index contributed by atoms with van der Waals surface area (Å²) in [6.45, 7) is 0. The predicted molar refractivity (Wildman–Crippen MR) is 70.0 cm³/mol. The minimum absolute atomic E-state index is 0.0220. The molecule has 0 N–H and O–H groups in total. The van der Waals surface area contributed by atoms with Gasteiger partial charge in [0.25, 0.3) is 5.56 Å². The molecule has 0 aliphatic heterocycles. The second kappa shape index (κ2) is 4.94. The molecule has 0 spiro atoms. The largest absolute Gasteiger partial charge is 0.284 e. The average Bonchev–Trinajstić information content (AvgIpc) is 2.31. The zero-order valence-corrected chi connectivity index (χ0v) is 10.1. The third kappa shape index (κ3) is 2.31. The zero-order valence-electron chi connectivity index (χ0n) is 8.51. The first-order chi connectivity index (χ1) is 7.81. The molecule has 2 rings (SSSR count). The summed E-state index contributed by atoms with van der Waals surface area (Å²) in [6.07, 6.45) is 3.70. The van der Waals surface area contributed by atoms with Crippen molar-refractivity contribution in [2.24, 2.45) is 0 Å². The van der Waals surface area contributed by atoms with Crippen LogP contribution in [0.1, 0.15) is 5.56 Å². The van der Waals surface area contributed by atoms with E-state index >= 15 is 0 Å². The number of pyridine rings is 1. The van der Waals surface area contributed by atoms with Gasteiger partial charge in [-0.05, 0) is 34.8 Å². The van der Waals surface area contributed by atoms with Crippen molar-refractivity contribution in [2.45, 2.75) is 0 Å². The third-order valence-electron chi connectivity index (χ3n) is 2.25. The first kappa shape index (κ1) is 10.9. The van der Waals surface area contributed by atoms with E-state index < -0.39 is 0 Å². The van der Waals surface area contributed by atoms with Gasteiger partial charge in [0.05, 0.1) is 0 Å². The van der Waals surface area contributed by atoms with Gasteiger partial charge in [0.15, 0.2) is 0 Å². The summed E-state index contributed by atoms with van der Waals surface area (Å²) in [5, 5.41) is 0. The van der Waals surface area contributed by atoms with Gasteiger partial charge >= 0.3 is 0 Å². The van der Waals surface area contributed by atoms with Crippen LogP contribution in [0.15, 0.2) is 58.4 Å². The molecule has 0 radical (unpaired) electrons. The quantitative estimate of drug-likeness (QED) is 0.825. The molecule has 2 nitrogen and oxygen atoms in total. The molecule has 0 unspecified atom stereocenters. The number of hydrogen-bond donors (Lipinski definition) is 0. The number of rotatable bonds is 2. The van der Waals surface area contributed by atoms with Crippen LogP contribution in [0.2, 0.25) is 0 Å². The van der Waals surface area contributed by atoms with Crippen LogP contribution < -0.4 is 5.56 Å². The van der Waals surface area contributed by atoms with Crippen LogP contribution in [0.5, 0.6) is 0 Å². The Morgan fingerprint density at radius 2 is 1.81 bits per heavy atom. The van der Waals surface area contributed by atoms with E-state index in [-0.39, 0.29) is 5.56 Å². The molecule has 1 aromatic carbocycles. The highest BCUT2D eigenvalue weighted by atomic mass is 79.9. The van der Waals surface area contributed by atoms with Crippen molar-refractivity contribution in [2.75, 3.05) is 0 Å². The summed E-state index contributed by atoms with van der Waals surface area (Å²) < 4.78 is 1.61. The van der Waals surface area contributed by atoms with E-state index in [1.807, 2.05) is 36.4 Å². The van der Waals surface area contributed by atoms with Crippen molar-refractivity contribution >= 4 is 22.0 Å². The summed E-state index contributed by atoms with van der Waals surface area (Å²) in [6, 6.07) is 12.9. The van der Waals surface area contributed by atoms with Crippen molar-refractivity contribution in [1.82, 2.24) is 4.57 Å². The molecule has 16 heavy (non-hydrogen) atoms. The van der Waals surface area contributed by atoms with Crippen molar-refractivity contribution in [3.8, 4) is 5.69 Å². The minimum Gasteiger partial charge on any atom is -0.284 e. The maximum absolute atomic E-state index is 11.6. The Bertz CT molecular complexity index is 555. The van der Waals surface area contributed by atoms with Gasteiger partial charge in [-0.1, -0.05) is 34.1 Å². The monoisotopic (exact) mass is 275 g/mol. The Hall–Kier alpha value is -1.61. The average molecular weight is 276 g/mol. The van der Waals surface area contributed by atoms with Gasteiger partial charge in [0, 0.05) is 18.0 Å². The SMILES string of the molecule is O=c1ccccn1-c1ccc(C=CBr)cc1. The fourth-order valence-electron chi connectivity index (χ4n) is 1.46. The summed E-state index contributed by atoms with van der Waals surface area (Å²) >= 11 is 3.23. The van der Waals surface area contributed by atoms with E-state index in [2.05, 4.69) is 15.9 Å². The van der Waals surface area contributed by atoms with Gasteiger partial charge in [0.2, 0.25) is 0 Å². The van der Waals surface area contributed by atoms with Crippen molar-refractivity contribution < 1.29 is 0 Å². The highest BCUT2D eigenvalue weighted by Gasteiger charge is 1.96. The highest BCUT2D eigenvalue weighted by Crippen LogP contribution is 2.09. The molecular formula is C13H10BrNO. The second-order valence-electron chi connectivity index (χ2n) is 3.29. The lowest BCUT2D eigenvalue weighted by atomic mass is 10.2. The summed E-state index contributed by atoms with van der Waals surface area (Å²) in [5.74, 6) is 0. The molecular weight excluding hydrogens is 266 g/mol. The second-order valence-corrected chi connectivity index (χ2v) is 3.82. The van der Waals surface area contributed by atoms with Gasteiger partial charge in [-0.2, -0.15) is 0 Å². The van der Waals surface area contributed by atoms with Gasteiger partial charge in [-0.3, -0.25) is 9.36 Å². The normalized spacial score (nSPS) is 10.8. The molecule has 2 aromatic rings. The van der Waals surface area contributed by atoms with Crippen LogP contribution in [0.25, 0.3) is 11.8 Å². The Kier molecular flexibility index (Phi) is 3.37. The summed E-state index contributed by atoms with van der Waals surface area (Å²) in [7, 11) is 0. The fraction of sp³-hybridized carbons (Fsp3) is 0. The zero-order chi connectivity index (χ0) is 11.4. The first-order valence-corrected chi connectivity index (χ1v) is 5.78. The fourth-order valence-corrected chi connectivity index (χ4v) is 1.76. The molecule has 0 saturated carbocycles. The maximum Gasteiger partial charge on any atom is 0.255 e. The molecule has 0 aliphatic carbocycles. The first-order valence-electron chi connectivity index (χ1n) is 4.86. The molecule has 1 heterocycles. The van der Waals surface area contributed by atoms with E-state index in [1.165, 1.54) is 0 Å².